The number of halogens is 3. The zero-order valence-electron chi connectivity index (χ0n) is 17.0. The molecule has 0 aromatic heterocycles. The minimum absolute atomic E-state index is 0.265. The number of methoxy groups -OCH3 is 2. The Labute approximate surface area is 196 Å². The van der Waals surface area contributed by atoms with Crippen LogP contribution in [-0.4, -0.2) is 20.4 Å². The SMILES string of the molecule is COc1ccccc1CN/N=C/c1cc(Cl)c(OCc2ccc(Cl)c(Cl)c2)c(OC)c1. The summed E-state index contributed by atoms with van der Waals surface area (Å²) in [5.41, 5.74) is 5.63. The van der Waals surface area contributed by atoms with Crippen LogP contribution in [-0.2, 0) is 13.2 Å². The molecule has 3 aromatic rings. The van der Waals surface area contributed by atoms with Gasteiger partial charge in [-0.1, -0.05) is 59.1 Å². The van der Waals surface area contributed by atoms with Gasteiger partial charge < -0.3 is 19.6 Å². The number of rotatable bonds is 9. The van der Waals surface area contributed by atoms with Gasteiger partial charge in [-0.3, -0.25) is 0 Å². The zero-order chi connectivity index (χ0) is 22.2. The number of nitrogens with zero attached hydrogens (tertiary/aromatic N) is 1. The van der Waals surface area contributed by atoms with Gasteiger partial charge in [-0.2, -0.15) is 5.10 Å². The van der Waals surface area contributed by atoms with Crippen LogP contribution in [0.5, 0.6) is 17.2 Å². The van der Waals surface area contributed by atoms with Crippen LogP contribution in [0.2, 0.25) is 15.1 Å². The molecule has 0 bridgehead atoms. The Morgan fingerprint density at radius 3 is 2.39 bits per heavy atom. The first-order valence-corrected chi connectivity index (χ1v) is 10.5. The molecule has 0 aliphatic heterocycles. The Morgan fingerprint density at radius 1 is 0.871 bits per heavy atom. The fourth-order valence-electron chi connectivity index (χ4n) is 2.84. The van der Waals surface area contributed by atoms with Crippen molar-refractivity contribution in [2.75, 3.05) is 14.2 Å². The van der Waals surface area contributed by atoms with E-state index < -0.39 is 0 Å². The van der Waals surface area contributed by atoms with Crippen molar-refractivity contribution in [3.05, 3.63) is 86.4 Å². The summed E-state index contributed by atoms with van der Waals surface area (Å²) in [4.78, 5) is 0. The van der Waals surface area contributed by atoms with Crippen LogP contribution in [0, 0.1) is 0 Å². The minimum Gasteiger partial charge on any atom is -0.496 e. The lowest BCUT2D eigenvalue weighted by Crippen LogP contribution is -2.07. The Hall–Kier alpha value is -2.60. The van der Waals surface area contributed by atoms with Gasteiger partial charge in [0.15, 0.2) is 11.5 Å². The highest BCUT2D eigenvalue weighted by molar-refractivity contribution is 6.42. The van der Waals surface area contributed by atoms with Crippen molar-refractivity contribution in [2.45, 2.75) is 13.2 Å². The standard InChI is InChI=1S/C23H21Cl3N2O3/c1-29-21-6-4-3-5-17(21)13-28-27-12-16-10-20(26)23(22(11-16)30-2)31-14-15-7-8-18(24)19(25)9-15/h3-12,28H,13-14H2,1-2H3/b27-12+. The molecule has 162 valence electrons. The molecular weight excluding hydrogens is 459 g/mol. The molecule has 0 aliphatic rings. The van der Waals surface area contributed by atoms with Crippen molar-refractivity contribution in [2.24, 2.45) is 5.10 Å². The van der Waals surface area contributed by atoms with Crippen molar-refractivity contribution in [3.63, 3.8) is 0 Å². The number of hydrogen-bond acceptors (Lipinski definition) is 5. The molecule has 3 rings (SSSR count). The summed E-state index contributed by atoms with van der Waals surface area (Å²) >= 11 is 18.4. The smallest absolute Gasteiger partial charge is 0.180 e. The van der Waals surface area contributed by atoms with Crippen molar-refractivity contribution in [3.8, 4) is 17.2 Å². The molecule has 0 spiro atoms. The Morgan fingerprint density at radius 2 is 1.65 bits per heavy atom. The molecular formula is C23H21Cl3N2O3. The van der Waals surface area contributed by atoms with Crippen LogP contribution in [0.15, 0.2) is 59.7 Å². The van der Waals surface area contributed by atoms with Crippen LogP contribution < -0.4 is 19.6 Å². The van der Waals surface area contributed by atoms with Gasteiger partial charge >= 0.3 is 0 Å². The molecule has 3 aromatic carbocycles. The Balaban J connectivity index is 1.66. The van der Waals surface area contributed by atoms with Crippen LogP contribution in [0.1, 0.15) is 16.7 Å². The Bertz CT molecular complexity index is 1070. The molecule has 0 heterocycles. The van der Waals surface area contributed by atoms with E-state index in [1.165, 1.54) is 0 Å². The summed E-state index contributed by atoms with van der Waals surface area (Å²) in [6.45, 7) is 0.789. The number of nitrogens with one attached hydrogen (secondary N) is 1. The topological polar surface area (TPSA) is 52.1 Å². The number of para-hydroxylation sites is 1. The monoisotopic (exact) mass is 478 g/mol. The van der Waals surface area contributed by atoms with E-state index in [2.05, 4.69) is 10.5 Å². The first kappa shape index (κ1) is 23.1. The minimum atomic E-state index is 0.265. The molecule has 0 atom stereocenters. The fourth-order valence-corrected chi connectivity index (χ4v) is 3.43. The normalized spacial score (nSPS) is 10.9. The van der Waals surface area contributed by atoms with Crippen LogP contribution in [0.25, 0.3) is 0 Å². The van der Waals surface area contributed by atoms with Gasteiger partial charge in [0.25, 0.3) is 0 Å². The highest BCUT2D eigenvalue weighted by Gasteiger charge is 2.12. The highest BCUT2D eigenvalue weighted by Crippen LogP contribution is 2.37. The quantitative estimate of drug-likeness (QED) is 0.286. The van der Waals surface area contributed by atoms with Crippen LogP contribution >= 0.6 is 34.8 Å². The molecule has 0 fully saturated rings. The summed E-state index contributed by atoms with van der Waals surface area (Å²) in [6, 6.07) is 16.6. The van der Waals surface area contributed by atoms with E-state index >= 15 is 0 Å². The third-order valence-corrected chi connectivity index (χ3v) is 5.41. The molecule has 8 heteroatoms. The molecule has 0 amide bonds. The van der Waals surface area contributed by atoms with E-state index in [1.54, 1.807) is 44.7 Å². The van der Waals surface area contributed by atoms with Gasteiger partial charge in [-0.05, 0) is 41.5 Å². The molecule has 0 saturated carbocycles. The van der Waals surface area contributed by atoms with Gasteiger partial charge in [-0.25, -0.2) is 0 Å². The van der Waals surface area contributed by atoms with E-state index in [1.807, 2.05) is 30.3 Å². The highest BCUT2D eigenvalue weighted by atomic mass is 35.5. The van der Waals surface area contributed by atoms with E-state index in [9.17, 15) is 0 Å². The molecule has 0 radical (unpaired) electrons. The van der Waals surface area contributed by atoms with E-state index in [-0.39, 0.29) is 6.61 Å². The zero-order valence-corrected chi connectivity index (χ0v) is 19.3. The maximum atomic E-state index is 6.43. The molecule has 31 heavy (non-hydrogen) atoms. The maximum Gasteiger partial charge on any atom is 0.180 e. The molecule has 0 unspecified atom stereocenters. The third kappa shape index (κ3) is 6.20. The lowest BCUT2D eigenvalue weighted by molar-refractivity contribution is 0.284. The third-order valence-electron chi connectivity index (χ3n) is 4.39. The molecule has 5 nitrogen and oxygen atoms in total. The van der Waals surface area contributed by atoms with Crippen LogP contribution in [0.4, 0.5) is 0 Å². The van der Waals surface area contributed by atoms with Crippen molar-refractivity contribution in [1.29, 1.82) is 0 Å². The van der Waals surface area contributed by atoms with Gasteiger partial charge in [0.1, 0.15) is 12.4 Å². The van der Waals surface area contributed by atoms with Crippen LogP contribution in [0.3, 0.4) is 0 Å². The second-order valence-corrected chi connectivity index (χ2v) is 7.70. The number of hydrazone groups is 1. The summed E-state index contributed by atoms with van der Waals surface area (Å²) in [7, 11) is 3.19. The summed E-state index contributed by atoms with van der Waals surface area (Å²) in [6.07, 6.45) is 1.66. The summed E-state index contributed by atoms with van der Waals surface area (Å²) < 4.78 is 16.7. The lowest BCUT2D eigenvalue weighted by atomic mass is 10.2. The average molecular weight is 480 g/mol. The predicted molar refractivity (Wildman–Crippen MR) is 126 cm³/mol. The molecule has 1 N–H and O–H groups in total. The first-order chi connectivity index (χ1) is 15.0. The lowest BCUT2D eigenvalue weighted by Gasteiger charge is -2.13. The molecule has 0 saturated heterocycles. The van der Waals surface area contributed by atoms with Gasteiger partial charge in [0.2, 0.25) is 0 Å². The van der Waals surface area contributed by atoms with E-state index in [0.717, 1.165) is 22.4 Å². The van der Waals surface area contributed by atoms with Crippen molar-refractivity contribution in [1.82, 2.24) is 5.43 Å². The number of ether oxygens (including phenoxy) is 3. The van der Waals surface area contributed by atoms with Gasteiger partial charge in [0, 0.05) is 5.56 Å². The van der Waals surface area contributed by atoms with Crippen molar-refractivity contribution >= 4 is 41.0 Å². The second kappa shape index (κ2) is 11.1. The second-order valence-electron chi connectivity index (χ2n) is 6.48. The summed E-state index contributed by atoms with van der Waals surface area (Å²) in [5.74, 6) is 1.74. The summed E-state index contributed by atoms with van der Waals surface area (Å²) in [5, 5.41) is 5.62. The maximum absolute atomic E-state index is 6.43. The van der Waals surface area contributed by atoms with Crippen molar-refractivity contribution < 1.29 is 14.2 Å². The Kier molecular flexibility index (Phi) is 8.29. The van der Waals surface area contributed by atoms with E-state index in [4.69, 9.17) is 49.0 Å². The molecule has 0 aliphatic carbocycles. The van der Waals surface area contributed by atoms with E-state index in [0.29, 0.717) is 33.1 Å². The van der Waals surface area contributed by atoms with Gasteiger partial charge in [0.05, 0.1) is 42.0 Å². The first-order valence-electron chi connectivity index (χ1n) is 9.34. The van der Waals surface area contributed by atoms with Gasteiger partial charge in [-0.15, -0.1) is 0 Å². The number of benzene rings is 3. The number of hydrogen-bond donors (Lipinski definition) is 1. The average Bonchev–Trinajstić information content (AvgIpc) is 2.78. The predicted octanol–water partition coefficient (Wildman–Crippen LogP) is 6.37. The fraction of sp³-hybridized carbons (Fsp3) is 0.174. The largest absolute Gasteiger partial charge is 0.496 e.